The summed E-state index contributed by atoms with van der Waals surface area (Å²) in [6.45, 7) is 10.4. The highest BCUT2D eigenvalue weighted by Crippen LogP contribution is 1.95. The molecule has 0 radical (unpaired) electrons. The van der Waals surface area contributed by atoms with E-state index in [1.807, 2.05) is 13.8 Å². The lowest BCUT2D eigenvalue weighted by Gasteiger charge is -2.08. The van der Waals surface area contributed by atoms with E-state index in [0.717, 1.165) is 32.6 Å². The summed E-state index contributed by atoms with van der Waals surface area (Å²) in [7, 11) is 0. The summed E-state index contributed by atoms with van der Waals surface area (Å²) in [4.78, 5) is 11.2. The smallest absolute Gasteiger partial charge is 0.308 e. The highest BCUT2D eigenvalue weighted by molar-refractivity contribution is 5.71. The largest absolute Gasteiger partial charge is 0.465 e. The average molecular weight is 258 g/mol. The summed E-state index contributed by atoms with van der Waals surface area (Å²) >= 11 is 0. The van der Waals surface area contributed by atoms with Gasteiger partial charge in [0.1, 0.15) is 0 Å². The molecule has 0 aliphatic carbocycles. The number of carbonyl (C=O) groups is 1. The van der Waals surface area contributed by atoms with Crippen LogP contribution < -0.4 is 10.6 Å². The van der Waals surface area contributed by atoms with Crippen molar-refractivity contribution in [1.29, 1.82) is 0 Å². The van der Waals surface area contributed by atoms with Gasteiger partial charge in [-0.15, -0.1) is 0 Å². The minimum absolute atomic E-state index is 0.0229. The van der Waals surface area contributed by atoms with Gasteiger partial charge < -0.3 is 15.4 Å². The summed E-state index contributed by atoms with van der Waals surface area (Å²) in [6, 6.07) is 0. The number of ether oxygens (including phenoxy) is 1. The Kier molecular flexibility index (Phi) is 12.4. The SMILES string of the molecule is CCCCCNCCNCCCOC(=O)C(C)C. The Morgan fingerprint density at radius 2 is 1.61 bits per heavy atom. The summed E-state index contributed by atoms with van der Waals surface area (Å²) in [5, 5.41) is 6.72. The maximum absolute atomic E-state index is 11.2. The first-order valence-corrected chi connectivity index (χ1v) is 7.26. The van der Waals surface area contributed by atoms with Gasteiger partial charge in [0.25, 0.3) is 0 Å². The first kappa shape index (κ1) is 17.4. The summed E-state index contributed by atoms with van der Waals surface area (Å²) in [5.41, 5.74) is 0. The molecule has 0 atom stereocenters. The van der Waals surface area contributed by atoms with Crippen LogP contribution in [0.4, 0.5) is 0 Å². The first-order valence-electron chi connectivity index (χ1n) is 7.26. The van der Waals surface area contributed by atoms with E-state index < -0.39 is 0 Å². The topological polar surface area (TPSA) is 50.4 Å². The van der Waals surface area contributed by atoms with Gasteiger partial charge in [0, 0.05) is 13.1 Å². The van der Waals surface area contributed by atoms with Crippen molar-refractivity contribution in [2.45, 2.75) is 46.5 Å². The Morgan fingerprint density at radius 3 is 2.17 bits per heavy atom. The van der Waals surface area contributed by atoms with Crippen LogP contribution >= 0.6 is 0 Å². The number of rotatable bonds is 12. The van der Waals surface area contributed by atoms with Gasteiger partial charge in [-0.05, 0) is 25.9 Å². The fraction of sp³-hybridized carbons (Fsp3) is 0.929. The number of nitrogens with one attached hydrogen (secondary N) is 2. The molecule has 0 aliphatic rings. The molecule has 0 aromatic rings. The van der Waals surface area contributed by atoms with Crippen LogP contribution in [0.3, 0.4) is 0 Å². The maximum Gasteiger partial charge on any atom is 0.308 e. The van der Waals surface area contributed by atoms with Crippen LogP contribution in [0.2, 0.25) is 0 Å². The average Bonchev–Trinajstić information content (AvgIpc) is 2.35. The zero-order valence-corrected chi connectivity index (χ0v) is 12.3. The van der Waals surface area contributed by atoms with E-state index in [-0.39, 0.29) is 11.9 Å². The van der Waals surface area contributed by atoms with Crippen molar-refractivity contribution in [3.05, 3.63) is 0 Å². The molecule has 0 saturated heterocycles. The lowest BCUT2D eigenvalue weighted by molar-refractivity contribution is -0.147. The minimum Gasteiger partial charge on any atom is -0.465 e. The summed E-state index contributed by atoms with van der Waals surface area (Å²) < 4.78 is 5.08. The van der Waals surface area contributed by atoms with Gasteiger partial charge in [0.05, 0.1) is 12.5 Å². The van der Waals surface area contributed by atoms with Crippen LogP contribution in [0.5, 0.6) is 0 Å². The van der Waals surface area contributed by atoms with E-state index in [2.05, 4.69) is 17.6 Å². The highest BCUT2D eigenvalue weighted by atomic mass is 16.5. The molecule has 0 rings (SSSR count). The molecule has 18 heavy (non-hydrogen) atoms. The van der Waals surface area contributed by atoms with Crippen molar-refractivity contribution in [2.24, 2.45) is 5.92 Å². The van der Waals surface area contributed by atoms with E-state index in [1.165, 1.54) is 19.3 Å². The third kappa shape index (κ3) is 11.9. The van der Waals surface area contributed by atoms with Crippen molar-refractivity contribution in [3.8, 4) is 0 Å². The predicted molar refractivity (Wildman–Crippen MR) is 75.7 cm³/mol. The number of unbranched alkanes of at least 4 members (excludes halogenated alkanes) is 2. The number of esters is 1. The molecular formula is C14H30N2O2. The molecule has 0 bridgehead atoms. The molecule has 0 amide bonds. The monoisotopic (exact) mass is 258 g/mol. The molecule has 2 N–H and O–H groups in total. The number of carbonyl (C=O) groups excluding carboxylic acids is 1. The molecule has 0 heterocycles. The molecule has 4 nitrogen and oxygen atoms in total. The minimum atomic E-state index is -0.104. The Hall–Kier alpha value is -0.610. The predicted octanol–water partition coefficient (Wildman–Crippen LogP) is 1.95. The fourth-order valence-electron chi connectivity index (χ4n) is 1.46. The van der Waals surface area contributed by atoms with E-state index in [1.54, 1.807) is 0 Å². The molecule has 0 saturated carbocycles. The zero-order valence-electron chi connectivity index (χ0n) is 12.3. The Labute approximate surface area is 112 Å². The number of hydrogen-bond donors (Lipinski definition) is 2. The van der Waals surface area contributed by atoms with Crippen LogP contribution in [-0.4, -0.2) is 38.8 Å². The highest BCUT2D eigenvalue weighted by Gasteiger charge is 2.06. The van der Waals surface area contributed by atoms with Crippen molar-refractivity contribution in [1.82, 2.24) is 10.6 Å². The lowest BCUT2D eigenvalue weighted by Crippen LogP contribution is -2.29. The van der Waals surface area contributed by atoms with Gasteiger partial charge in [-0.3, -0.25) is 4.79 Å². The normalized spacial score (nSPS) is 10.9. The summed E-state index contributed by atoms with van der Waals surface area (Å²) in [6.07, 6.45) is 4.73. The summed E-state index contributed by atoms with van der Waals surface area (Å²) in [5.74, 6) is -0.127. The van der Waals surface area contributed by atoms with E-state index in [4.69, 9.17) is 4.74 Å². The Morgan fingerprint density at radius 1 is 1.00 bits per heavy atom. The molecule has 0 unspecified atom stereocenters. The lowest BCUT2D eigenvalue weighted by atomic mass is 10.2. The van der Waals surface area contributed by atoms with Gasteiger partial charge in [0.15, 0.2) is 0 Å². The second-order valence-corrected chi connectivity index (χ2v) is 4.88. The van der Waals surface area contributed by atoms with E-state index in [0.29, 0.717) is 6.61 Å². The van der Waals surface area contributed by atoms with Crippen LogP contribution in [0.25, 0.3) is 0 Å². The van der Waals surface area contributed by atoms with Crippen molar-refractivity contribution in [2.75, 3.05) is 32.8 Å². The second kappa shape index (κ2) is 12.8. The maximum atomic E-state index is 11.2. The quantitative estimate of drug-likeness (QED) is 0.415. The van der Waals surface area contributed by atoms with Gasteiger partial charge in [-0.25, -0.2) is 0 Å². The molecule has 108 valence electrons. The molecule has 0 aliphatic heterocycles. The molecular weight excluding hydrogens is 228 g/mol. The molecule has 0 aromatic carbocycles. The third-order valence-corrected chi connectivity index (χ3v) is 2.65. The van der Waals surface area contributed by atoms with Crippen LogP contribution in [0.15, 0.2) is 0 Å². The van der Waals surface area contributed by atoms with Crippen molar-refractivity contribution in [3.63, 3.8) is 0 Å². The van der Waals surface area contributed by atoms with Gasteiger partial charge in [0.2, 0.25) is 0 Å². The van der Waals surface area contributed by atoms with Gasteiger partial charge >= 0.3 is 5.97 Å². The first-order chi connectivity index (χ1) is 8.68. The second-order valence-electron chi connectivity index (χ2n) is 4.88. The fourth-order valence-corrected chi connectivity index (χ4v) is 1.46. The van der Waals surface area contributed by atoms with Gasteiger partial charge in [-0.2, -0.15) is 0 Å². The van der Waals surface area contributed by atoms with Crippen LogP contribution in [0, 0.1) is 5.92 Å². The van der Waals surface area contributed by atoms with E-state index in [9.17, 15) is 4.79 Å². The van der Waals surface area contributed by atoms with Crippen molar-refractivity contribution < 1.29 is 9.53 Å². The zero-order chi connectivity index (χ0) is 13.6. The van der Waals surface area contributed by atoms with Gasteiger partial charge in [-0.1, -0.05) is 33.6 Å². The molecule has 0 aromatic heterocycles. The molecule has 0 spiro atoms. The molecule has 4 heteroatoms. The standard InChI is InChI=1S/C14H30N2O2/c1-4-5-6-8-15-10-11-16-9-7-12-18-14(17)13(2)3/h13,15-16H,4-12H2,1-3H3. The van der Waals surface area contributed by atoms with E-state index >= 15 is 0 Å². The Balaban J connectivity index is 3.05. The van der Waals surface area contributed by atoms with Crippen LogP contribution in [-0.2, 0) is 9.53 Å². The molecule has 0 fully saturated rings. The van der Waals surface area contributed by atoms with Crippen LogP contribution in [0.1, 0.15) is 46.5 Å². The van der Waals surface area contributed by atoms with Crippen molar-refractivity contribution >= 4 is 5.97 Å². The number of hydrogen-bond acceptors (Lipinski definition) is 4. The third-order valence-electron chi connectivity index (χ3n) is 2.65. The Bertz CT molecular complexity index is 196.